The average Bonchev–Trinajstić information content (AvgIpc) is 3.20. The Morgan fingerprint density at radius 1 is 0.853 bits per heavy atom. The fourth-order valence-electron chi connectivity index (χ4n) is 4.67. The summed E-state index contributed by atoms with van der Waals surface area (Å²) in [7, 11) is 0. The normalized spacial score (nSPS) is 13.5. The first-order chi connectivity index (χ1) is 16.5. The van der Waals surface area contributed by atoms with Crippen molar-refractivity contribution in [3.05, 3.63) is 77.1 Å². The van der Waals surface area contributed by atoms with Gasteiger partial charge in [0.25, 0.3) is 5.91 Å². The lowest BCUT2D eigenvalue weighted by molar-refractivity contribution is 0.0736. The fourth-order valence-corrected chi connectivity index (χ4v) is 4.67. The highest BCUT2D eigenvalue weighted by atomic mass is 16.2. The molecular weight excluding hydrogens is 420 g/mol. The summed E-state index contributed by atoms with van der Waals surface area (Å²) in [6.07, 6.45) is 0. The second-order valence-corrected chi connectivity index (χ2v) is 8.65. The number of nitrogens with zero attached hydrogens (tertiary/aromatic N) is 2. The molecule has 2 aromatic heterocycles. The topological polar surface area (TPSA) is 61.0 Å². The summed E-state index contributed by atoms with van der Waals surface area (Å²) in [4.78, 5) is 23.0. The second kappa shape index (κ2) is 10.2. The molecule has 5 rings (SSSR count). The fraction of sp³-hybridized carbons (Fsp3) is 0.310. The van der Waals surface area contributed by atoms with Gasteiger partial charge in [-0.3, -0.25) is 9.78 Å². The number of aryl methyl sites for hydroxylation is 3. The molecule has 176 valence electrons. The van der Waals surface area contributed by atoms with Crippen LogP contribution < -0.4 is 5.32 Å². The third-order valence-electron chi connectivity index (χ3n) is 6.28. The Bertz CT molecular complexity index is 1290. The number of fused-ring (bicyclic) bond motifs is 1. The Labute approximate surface area is 202 Å². The van der Waals surface area contributed by atoms with Crippen LogP contribution in [0.25, 0.3) is 33.3 Å². The molecule has 1 aliphatic rings. The summed E-state index contributed by atoms with van der Waals surface area (Å²) >= 11 is 0. The molecule has 0 aliphatic carbocycles. The van der Waals surface area contributed by atoms with Gasteiger partial charge in [0.05, 0.1) is 0 Å². The summed E-state index contributed by atoms with van der Waals surface area (Å²) in [6, 6.07) is 18.7. The number of piperazine rings is 1. The van der Waals surface area contributed by atoms with E-state index in [-0.39, 0.29) is 5.91 Å². The molecule has 1 aliphatic heterocycles. The number of pyridine rings is 1. The number of hydrogen-bond donors (Lipinski definition) is 2. The number of aromatic nitrogens is 2. The number of carbonyl (C=O) groups excluding carboxylic acids is 1. The van der Waals surface area contributed by atoms with E-state index in [1.807, 2.05) is 50.8 Å². The van der Waals surface area contributed by atoms with Crippen molar-refractivity contribution in [1.82, 2.24) is 20.2 Å². The van der Waals surface area contributed by atoms with Gasteiger partial charge in [-0.25, -0.2) is 0 Å². The molecule has 0 radical (unpaired) electrons. The van der Waals surface area contributed by atoms with E-state index in [1.165, 1.54) is 10.9 Å². The van der Waals surface area contributed by atoms with Crippen molar-refractivity contribution in [2.45, 2.75) is 34.6 Å². The molecule has 0 saturated carbocycles. The van der Waals surface area contributed by atoms with E-state index in [4.69, 9.17) is 0 Å². The molecule has 1 amide bonds. The van der Waals surface area contributed by atoms with Crippen molar-refractivity contribution in [2.75, 3.05) is 26.2 Å². The summed E-state index contributed by atoms with van der Waals surface area (Å²) < 4.78 is 0. The lowest BCUT2D eigenvalue weighted by Gasteiger charge is -2.27. The Kier molecular flexibility index (Phi) is 7.13. The summed E-state index contributed by atoms with van der Waals surface area (Å²) in [5.74, 6) is 0.107. The van der Waals surface area contributed by atoms with Crippen molar-refractivity contribution in [1.29, 1.82) is 0 Å². The maximum atomic E-state index is 12.9. The third kappa shape index (κ3) is 4.75. The molecule has 5 nitrogen and oxygen atoms in total. The number of H-pyrrole nitrogens is 1. The standard InChI is InChI=1S/C27H28N4O.C2H6/c1-17-13-23(14-18(2)29-17)26-19(3)24-8-7-21(16-25(24)30-26)20-5-4-6-22(15-20)27(32)31-11-9-28-10-12-31;1-2/h4-8,13-16,28,30H,9-12H2,1-3H3;1-2H3. The smallest absolute Gasteiger partial charge is 0.253 e. The molecule has 2 N–H and O–H groups in total. The van der Waals surface area contributed by atoms with Crippen molar-refractivity contribution in [2.24, 2.45) is 0 Å². The highest BCUT2D eigenvalue weighted by Gasteiger charge is 2.18. The minimum atomic E-state index is 0.107. The predicted molar refractivity (Wildman–Crippen MR) is 141 cm³/mol. The predicted octanol–water partition coefficient (Wildman–Crippen LogP) is 5.89. The van der Waals surface area contributed by atoms with Crippen LogP contribution in [-0.2, 0) is 0 Å². The van der Waals surface area contributed by atoms with Crippen LogP contribution in [0.3, 0.4) is 0 Å². The molecule has 0 bridgehead atoms. The molecule has 3 heterocycles. The third-order valence-corrected chi connectivity index (χ3v) is 6.28. The lowest BCUT2D eigenvalue weighted by Crippen LogP contribution is -2.46. The molecule has 2 aromatic carbocycles. The first-order valence-electron chi connectivity index (χ1n) is 12.2. The SMILES string of the molecule is CC.Cc1cc(-c2[nH]c3cc(-c4cccc(C(=O)N5CCNCC5)c4)ccc3c2C)cc(C)n1. The molecule has 0 atom stereocenters. The Morgan fingerprint density at radius 2 is 1.53 bits per heavy atom. The zero-order chi connectivity index (χ0) is 24.2. The Hall–Kier alpha value is -3.44. The molecule has 34 heavy (non-hydrogen) atoms. The maximum Gasteiger partial charge on any atom is 0.253 e. The molecule has 1 fully saturated rings. The van der Waals surface area contributed by atoms with Gasteiger partial charge in [-0.1, -0.05) is 38.1 Å². The van der Waals surface area contributed by atoms with E-state index in [0.29, 0.717) is 0 Å². The first-order valence-corrected chi connectivity index (χ1v) is 12.2. The van der Waals surface area contributed by atoms with E-state index in [2.05, 4.69) is 58.6 Å². The van der Waals surface area contributed by atoms with Crippen molar-refractivity contribution in [3.8, 4) is 22.4 Å². The minimum absolute atomic E-state index is 0.107. The van der Waals surface area contributed by atoms with Gasteiger partial charge in [0.15, 0.2) is 0 Å². The quantitative estimate of drug-likeness (QED) is 0.405. The van der Waals surface area contributed by atoms with Gasteiger partial charge in [-0.05, 0) is 67.8 Å². The summed E-state index contributed by atoms with van der Waals surface area (Å²) in [5, 5.41) is 4.51. The number of hydrogen-bond acceptors (Lipinski definition) is 3. The average molecular weight is 455 g/mol. The van der Waals surface area contributed by atoms with Gasteiger partial charge >= 0.3 is 0 Å². The summed E-state index contributed by atoms with van der Waals surface area (Å²) in [6.45, 7) is 13.4. The van der Waals surface area contributed by atoms with Crippen LogP contribution in [-0.4, -0.2) is 47.0 Å². The van der Waals surface area contributed by atoms with Crippen LogP contribution in [0.1, 0.15) is 41.2 Å². The van der Waals surface area contributed by atoms with Crippen LogP contribution in [0.15, 0.2) is 54.6 Å². The molecule has 0 spiro atoms. The van der Waals surface area contributed by atoms with Crippen LogP contribution in [0.2, 0.25) is 0 Å². The van der Waals surface area contributed by atoms with Gasteiger partial charge in [0.2, 0.25) is 0 Å². The number of carbonyl (C=O) groups is 1. The minimum Gasteiger partial charge on any atom is -0.354 e. The van der Waals surface area contributed by atoms with Gasteiger partial charge in [-0.2, -0.15) is 0 Å². The van der Waals surface area contributed by atoms with Crippen LogP contribution >= 0.6 is 0 Å². The first kappa shape index (κ1) is 23.7. The van der Waals surface area contributed by atoms with Gasteiger partial charge in [0.1, 0.15) is 0 Å². The monoisotopic (exact) mass is 454 g/mol. The van der Waals surface area contributed by atoms with Crippen molar-refractivity contribution >= 4 is 16.8 Å². The maximum absolute atomic E-state index is 12.9. The zero-order valence-corrected chi connectivity index (χ0v) is 20.8. The summed E-state index contributed by atoms with van der Waals surface area (Å²) in [5.41, 5.74) is 9.56. The molecule has 5 heteroatoms. The molecule has 1 saturated heterocycles. The van der Waals surface area contributed by atoms with Crippen molar-refractivity contribution in [3.63, 3.8) is 0 Å². The largest absolute Gasteiger partial charge is 0.354 e. The van der Waals surface area contributed by atoms with E-state index >= 15 is 0 Å². The Morgan fingerprint density at radius 3 is 2.24 bits per heavy atom. The number of rotatable bonds is 3. The number of nitrogens with one attached hydrogen (secondary N) is 2. The van der Waals surface area contributed by atoms with Crippen LogP contribution in [0.5, 0.6) is 0 Å². The van der Waals surface area contributed by atoms with Crippen LogP contribution in [0.4, 0.5) is 0 Å². The van der Waals surface area contributed by atoms with E-state index in [1.54, 1.807) is 0 Å². The van der Waals surface area contributed by atoms with Gasteiger partial charge in [-0.15, -0.1) is 0 Å². The highest BCUT2D eigenvalue weighted by molar-refractivity contribution is 5.97. The molecule has 4 aromatic rings. The van der Waals surface area contributed by atoms with E-state index < -0.39 is 0 Å². The van der Waals surface area contributed by atoms with Gasteiger partial charge < -0.3 is 15.2 Å². The van der Waals surface area contributed by atoms with Crippen molar-refractivity contribution < 1.29 is 4.79 Å². The Balaban J connectivity index is 0.00000133. The van der Waals surface area contributed by atoms with Gasteiger partial charge in [0, 0.05) is 65.3 Å². The molecular formula is C29H34N4O. The highest BCUT2D eigenvalue weighted by Crippen LogP contribution is 2.33. The second-order valence-electron chi connectivity index (χ2n) is 8.65. The molecule has 0 unspecified atom stereocenters. The lowest BCUT2D eigenvalue weighted by atomic mass is 10.00. The van der Waals surface area contributed by atoms with E-state index in [9.17, 15) is 4.79 Å². The number of aromatic amines is 1. The number of benzene rings is 2. The van der Waals surface area contributed by atoms with Crippen LogP contribution in [0, 0.1) is 20.8 Å². The van der Waals surface area contributed by atoms with E-state index in [0.717, 1.165) is 71.0 Å². The number of amides is 1. The zero-order valence-electron chi connectivity index (χ0n) is 20.8.